The van der Waals surface area contributed by atoms with E-state index >= 15 is 0 Å². The lowest BCUT2D eigenvalue weighted by Crippen LogP contribution is -2.20. The summed E-state index contributed by atoms with van der Waals surface area (Å²) in [5, 5.41) is 52.9. The standard InChI is InChI=1S/2C9H9NO5/c2*10-7(9(14)15)4-1-2-5(8(12)13)6(11)3-4/h2*1-3,7,11H,10H2,(H,12,13)(H,14,15)/t2*7-/m00/s1. The molecule has 0 radical (unpaired) electrons. The molecule has 0 heterocycles. The van der Waals surface area contributed by atoms with Crippen LogP contribution in [0.4, 0.5) is 0 Å². The number of hydrogen-bond donors (Lipinski definition) is 8. The van der Waals surface area contributed by atoms with Gasteiger partial charge in [0.05, 0.1) is 0 Å². The molecule has 2 aromatic carbocycles. The molecule has 2 aromatic rings. The number of carboxylic acid groups (broad SMARTS) is 4. The summed E-state index contributed by atoms with van der Waals surface area (Å²) in [4.78, 5) is 42.1. The lowest BCUT2D eigenvalue weighted by Gasteiger charge is -2.08. The van der Waals surface area contributed by atoms with E-state index in [2.05, 4.69) is 0 Å². The fourth-order valence-corrected chi connectivity index (χ4v) is 2.13. The number of benzene rings is 2. The van der Waals surface area contributed by atoms with E-state index in [1.54, 1.807) is 0 Å². The van der Waals surface area contributed by atoms with Gasteiger partial charge in [0.15, 0.2) is 0 Å². The van der Waals surface area contributed by atoms with E-state index in [-0.39, 0.29) is 22.3 Å². The summed E-state index contributed by atoms with van der Waals surface area (Å²) in [6.45, 7) is 0. The van der Waals surface area contributed by atoms with Crippen molar-refractivity contribution in [3.05, 3.63) is 58.7 Å². The monoisotopic (exact) mass is 422 g/mol. The summed E-state index contributed by atoms with van der Waals surface area (Å²) in [7, 11) is 0. The Hall–Kier alpha value is -4.16. The van der Waals surface area contributed by atoms with E-state index in [9.17, 15) is 29.4 Å². The SMILES string of the molecule is N[C@H](C(=O)O)c1ccc(C(=O)O)c(O)c1.N[C@H](C(=O)O)c1ccc(C(=O)O)c(O)c1. The van der Waals surface area contributed by atoms with Gasteiger partial charge in [-0.3, -0.25) is 9.59 Å². The average Bonchev–Trinajstić information content (AvgIpc) is 2.66. The topological polar surface area (TPSA) is 242 Å². The molecule has 2 rings (SSSR count). The van der Waals surface area contributed by atoms with E-state index in [0.29, 0.717) is 0 Å². The van der Waals surface area contributed by atoms with Gasteiger partial charge < -0.3 is 42.1 Å². The first kappa shape index (κ1) is 23.9. The summed E-state index contributed by atoms with van der Waals surface area (Å²) < 4.78 is 0. The van der Waals surface area contributed by atoms with Crippen LogP contribution in [-0.4, -0.2) is 54.5 Å². The van der Waals surface area contributed by atoms with Crippen molar-refractivity contribution >= 4 is 23.9 Å². The predicted octanol–water partition coefficient (Wildman–Crippen LogP) is 0.350. The zero-order chi connectivity index (χ0) is 23.2. The van der Waals surface area contributed by atoms with Crippen LogP contribution in [-0.2, 0) is 9.59 Å². The van der Waals surface area contributed by atoms with Crippen molar-refractivity contribution in [2.24, 2.45) is 11.5 Å². The fourth-order valence-electron chi connectivity index (χ4n) is 2.13. The lowest BCUT2D eigenvalue weighted by atomic mass is 10.0. The Morgan fingerprint density at radius 3 is 1.13 bits per heavy atom. The lowest BCUT2D eigenvalue weighted by molar-refractivity contribution is -0.139. The second-order valence-corrected chi connectivity index (χ2v) is 5.80. The molecule has 0 aromatic heterocycles. The highest BCUT2D eigenvalue weighted by atomic mass is 16.4. The first-order valence-electron chi connectivity index (χ1n) is 7.96. The average molecular weight is 422 g/mol. The molecule has 0 amide bonds. The molecule has 0 spiro atoms. The van der Waals surface area contributed by atoms with Crippen molar-refractivity contribution in [2.75, 3.05) is 0 Å². The summed E-state index contributed by atoms with van der Waals surface area (Å²) in [5.41, 5.74) is 10.2. The molecule has 12 nitrogen and oxygen atoms in total. The smallest absolute Gasteiger partial charge is 0.339 e. The Labute approximate surface area is 168 Å². The van der Waals surface area contributed by atoms with Crippen LogP contribution < -0.4 is 11.5 Å². The van der Waals surface area contributed by atoms with Crippen molar-refractivity contribution in [1.82, 2.24) is 0 Å². The van der Waals surface area contributed by atoms with Crippen LogP contribution in [0.3, 0.4) is 0 Å². The number of hydrogen-bond acceptors (Lipinski definition) is 8. The molecule has 12 heteroatoms. The Morgan fingerprint density at radius 2 is 0.933 bits per heavy atom. The van der Waals surface area contributed by atoms with Crippen molar-refractivity contribution in [3.63, 3.8) is 0 Å². The molecule has 30 heavy (non-hydrogen) atoms. The zero-order valence-electron chi connectivity index (χ0n) is 15.1. The van der Waals surface area contributed by atoms with Gasteiger partial charge in [-0.1, -0.05) is 12.1 Å². The highest BCUT2D eigenvalue weighted by Gasteiger charge is 2.18. The van der Waals surface area contributed by atoms with Crippen molar-refractivity contribution < 1.29 is 49.8 Å². The van der Waals surface area contributed by atoms with Gasteiger partial charge in [-0.2, -0.15) is 0 Å². The number of aromatic carboxylic acids is 2. The minimum atomic E-state index is -1.29. The molecular weight excluding hydrogens is 404 g/mol. The minimum Gasteiger partial charge on any atom is -0.507 e. The van der Waals surface area contributed by atoms with Gasteiger partial charge in [0.25, 0.3) is 0 Å². The van der Waals surface area contributed by atoms with Gasteiger partial charge in [-0.15, -0.1) is 0 Å². The van der Waals surface area contributed by atoms with Gasteiger partial charge >= 0.3 is 23.9 Å². The molecule has 0 aliphatic carbocycles. The van der Waals surface area contributed by atoms with E-state index in [1.165, 1.54) is 12.1 Å². The van der Waals surface area contributed by atoms with E-state index in [4.69, 9.17) is 31.9 Å². The number of carbonyl (C=O) groups is 4. The molecule has 0 unspecified atom stereocenters. The summed E-state index contributed by atoms with van der Waals surface area (Å²) in [6, 6.07) is 4.22. The number of aromatic hydroxyl groups is 2. The second kappa shape index (κ2) is 9.86. The number of phenols is 2. The van der Waals surface area contributed by atoms with Crippen LogP contribution >= 0.6 is 0 Å². The van der Waals surface area contributed by atoms with Gasteiger partial charge in [-0.25, -0.2) is 9.59 Å². The van der Waals surface area contributed by atoms with Crippen LogP contribution in [0.15, 0.2) is 36.4 Å². The normalized spacial score (nSPS) is 12.1. The second-order valence-electron chi connectivity index (χ2n) is 5.80. The first-order chi connectivity index (χ1) is 13.9. The fraction of sp³-hybridized carbons (Fsp3) is 0.111. The number of carboxylic acids is 4. The van der Waals surface area contributed by atoms with Gasteiger partial charge in [-0.05, 0) is 35.4 Å². The van der Waals surface area contributed by atoms with E-state index in [0.717, 1.165) is 24.3 Å². The van der Waals surface area contributed by atoms with E-state index < -0.39 is 47.5 Å². The summed E-state index contributed by atoms with van der Waals surface area (Å²) >= 11 is 0. The molecule has 0 bridgehead atoms. The third kappa shape index (κ3) is 5.92. The molecule has 2 atom stereocenters. The van der Waals surface area contributed by atoms with Gasteiger partial charge in [0.1, 0.15) is 34.7 Å². The highest BCUT2D eigenvalue weighted by Crippen LogP contribution is 2.23. The van der Waals surface area contributed by atoms with Crippen LogP contribution in [0.25, 0.3) is 0 Å². The summed E-state index contributed by atoms with van der Waals surface area (Å²) in [6.07, 6.45) is 0. The van der Waals surface area contributed by atoms with Crippen LogP contribution in [0.2, 0.25) is 0 Å². The maximum absolute atomic E-state index is 10.5. The van der Waals surface area contributed by atoms with Gasteiger partial charge in [0.2, 0.25) is 0 Å². The minimum absolute atomic E-state index is 0.144. The predicted molar refractivity (Wildman–Crippen MR) is 99.3 cm³/mol. The Kier molecular flexibility index (Phi) is 7.85. The Bertz CT molecular complexity index is 909. The molecule has 0 saturated carbocycles. The van der Waals surface area contributed by atoms with Crippen molar-refractivity contribution in [1.29, 1.82) is 0 Å². The van der Waals surface area contributed by atoms with Crippen LogP contribution in [0.1, 0.15) is 43.9 Å². The molecule has 0 aliphatic heterocycles. The molecule has 0 aliphatic rings. The Morgan fingerprint density at radius 1 is 0.633 bits per heavy atom. The molecular formula is C18H18N2O10. The molecule has 160 valence electrons. The third-order valence-corrected chi connectivity index (χ3v) is 3.75. The third-order valence-electron chi connectivity index (χ3n) is 3.75. The quantitative estimate of drug-likeness (QED) is 0.314. The molecule has 10 N–H and O–H groups in total. The van der Waals surface area contributed by atoms with Crippen molar-refractivity contribution in [3.8, 4) is 11.5 Å². The van der Waals surface area contributed by atoms with Gasteiger partial charge in [0, 0.05) is 0 Å². The zero-order valence-corrected chi connectivity index (χ0v) is 15.1. The largest absolute Gasteiger partial charge is 0.507 e. The van der Waals surface area contributed by atoms with Crippen LogP contribution in [0.5, 0.6) is 11.5 Å². The van der Waals surface area contributed by atoms with Crippen LogP contribution in [0, 0.1) is 0 Å². The highest BCUT2D eigenvalue weighted by molar-refractivity contribution is 5.91. The number of nitrogens with two attached hydrogens (primary N) is 2. The first-order valence-corrected chi connectivity index (χ1v) is 7.96. The van der Waals surface area contributed by atoms with Crippen molar-refractivity contribution in [2.45, 2.75) is 12.1 Å². The number of rotatable bonds is 6. The molecule has 0 saturated heterocycles. The van der Waals surface area contributed by atoms with E-state index in [1.807, 2.05) is 0 Å². The Balaban J connectivity index is 0.000000300. The summed E-state index contributed by atoms with van der Waals surface area (Å²) in [5.74, 6) is -6.09. The number of aliphatic carboxylic acids is 2. The molecule has 0 fully saturated rings. The maximum Gasteiger partial charge on any atom is 0.339 e. The maximum atomic E-state index is 10.5.